The molecular weight excluding hydrogens is 530 g/mol. The minimum Gasteiger partial charge on any atom is -0.462 e. The zero-order valence-electron chi connectivity index (χ0n) is 24.1. The van der Waals surface area contributed by atoms with Crippen molar-refractivity contribution >= 4 is 52.4 Å². The summed E-state index contributed by atoms with van der Waals surface area (Å²) in [5.74, 6) is -0.396. The van der Waals surface area contributed by atoms with Crippen LogP contribution in [0.2, 0.25) is 0 Å². The average molecular weight is 581 g/mol. The van der Waals surface area contributed by atoms with Crippen molar-refractivity contribution < 1.29 is 19.1 Å². The first-order valence-electron chi connectivity index (χ1n) is 13.1. The molecule has 0 aromatic heterocycles. The van der Waals surface area contributed by atoms with E-state index in [0.717, 1.165) is 38.0 Å². The molecule has 0 aliphatic carbocycles. The van der Waals surface area contributed by atoms with Crippen LogP contribution in [0, 0.1) is 11.8 Å². The molecule has 2 fully saturated rings. The van der Waals surface area contributed by atoms with Crippen LogP contribution in [0.4, 0.5) is 0 Å². The summed E-state index contributed by atoms with van der Waals surface area (Å²) >= 11 is 0. The summed E-state index contributed by atoms with van der Waals surface area (Å²) in [4.78, 5) is 24.9. The smallest absolute Gasteiger partial charge is 0.309 e. The second kappa shape index (κ2) is 12.3. The van der Waals surface area contributed by atoms with Crippen molar-refractivity contribution in [3.05, 3.63) is 0 Å². The fourth-order valence-electron chi connectivity index (χ4n) is 5.73. The molecule has 2 heterocycles. The van der Waals surface area contributed by atoms with Crippen molar-refractivity contribution in [2.45, 2.75) is 129 Å². The van der Waals surface area contributed by atoms with E-state index in [2.05, 4.69) is 82.5 Å². The van der Waals surface area contributed by atoms with Crippen molar-refractivity contribution in [1.29, 1.82) is 0 Å². The molecule has 0 spiro atoms. The predicted molar refractivity (Wildman–Crippen MR) is 161 cm³/mol. The van der Waals surface area contributed by atoms with E-state index in [4.69, 9.17) is 9.47 Å². The number of rotatable bonds is 9. The van der Waals surface area contributed by atoms with Crippen LogP contribution in [0.1, 0.15) is 94.9 Å². The van der Waals surface area contributed by atoms with Gasteiger partial charge in [0.1, 0.15) is 12.2 Å². The molecule has 0 bridgehead atoms. The van der Waals surface area contributed by atoms with Crippen LogP contribution in [-0.2, 0) is 19.1 Å². The SMILES string of the molecule is CC(CP)C(=O)OC1CC(C)(C)N(SSN2C(C)(C)CC(OC(=O)C(C)CP)CC2(C)C)C(C)(C)C1. The Balaban J connectivity index is 2.11. The number of piperidine rings is 2. The molecule has 4 unspecified atom stereocenters. The van der Waals surface area contributed by atoms with Gasteiger partial charge in [0.15, 0.2) is 0 Å². The minimum atomic E-state index is -0.148. The molecule has 10 heteroatoms. The Morgan fingerprint density at radius 1 is 0.694 bits per heavy atom. The van der Waals surface area contributed by atoms with Crippen LogP contribution in [-0.4, -0.2) is 67.2 Å². The topological polar surface area (TPSA) is 59.1 Å². The minimum absolute atomic E-state index is 0.0782. The molecule has 0 aromatic rings. The number of hydrogen-bond acceptors (Lipinski definition) is 8. The van der Waals surface area contributed by atoms with Gasteiger partial charge in [0.2, 0.25) is 0 Å². The summed E-state index contributed by atoms with van der Waals surface area (Å²) < 4.78 is 16.9. The Kier molecular flexibility index (Phi) is 11.1. The van der Waals surface area contributed by atoms with Crippen LogP contribution in [0.25, 0.3) is 0 Å². The largest absolute Gasteiger partial charge is 0.462 e. The lowest BCUT2D eigenvalue weighted by Gasteiger charge is -2.56. The third-order valence-corrected chi connectivity index (χ3v) is 12.2. The zero-order chi connectivity index (χ0) is 27.7. The number of carbonyl (C=O) groups excluding carboxylic acids is 2. The van der Waals surface area contributed by atoms with E-state index in [0.29, 0.717) is 0 Å². The molecule has 0 saturated carbocycles. The first kappa shape index (κ1) is 32.6. The summed E-state index contributed by atoms with van der Waals surface area (Å²) in [5.41, 5.74) is -0.591. The highest BCUT2D eigenvalue weighted by Crippen LogP contribution is 2.53. The van der Waals surface area contributed by atoms with E-state index in [1.165, 1.54) is 0 Å². The van der Waals surface area contributed by atoms with Gasteiger partial charge in [-0.15, -0.1) is 18.5 Å². The second-order valence-electron chi connectivity index (χ2n) is 13.2. The highest BCUT2D eigenvalue weighted by Gasteiger charge is 2.51. The summed E-state index contributed by atoms with van der Waals surface area (Å²) in [7, 11) is 8.86. The highest BCUT2D eigenvalue weighted by molar-refractivity contribution is 8.74. The number of carbonyl (C=O) groups is 2. The van der Waals surface area contributed by atoms with Crippen LogP contribution >= 0.6 is 40.4 Å². The van der Waals surface area contributed by atoms with Crippen molar-refractivity contribution in [2.75, 3.05) is 12.3 Å². The van der Waals surface area contributed by atoms with Crippen LogP contribution in [0.15, 0.2) is 0 Å². The van der Waals surface area contributed by atoms with Crippen LogP contribution < -0.4 is 0 Å². The zero-order valence-corrected chi connectivity index (χ0v) is 28.0. The standard InChI is InChI=1S/C26H50N2O4P2S2/c1-17(15-33)21(29)31-19-11-23(3,4)27(24(5,6)12-19)35-36-28-25(7,8)13-20(14-26(28,9)10)32-22(30)18(2)16-34/h17-20H,11-16,33-34H2,1-10H3. The van der Waals surface area contributed by atoms with Crippen LogP contribution in [0.5, 0.6) is 0 Å². The average Bonchev–Trinajstić information content (AvgIpc) is 2.71. The van der Waals surface area contributed by atoms with Gasteiger partial charge in [0, 0.05) is 69.8 Å². The maximum Gasteiger partial charge on any atom is 0.309 e. The molecule has 36 heavy (non-hydrogen) atoms. The van der Waals surface area contributed by atoms with Gasteiger partial charge in [-0.05, 0) is 67.7 Å². The molecule has 2 rings (SSSR count). The molecule has 2 aliphatic rings. The second-order valence-corrected chi connectivity index (χ2v) is 16.1. The third kappa shape index (κ3) is 7.98. The summed E-state index contributed by atoms with van der Waals surface area (Å²) in [5, 5.41) is 0. The van der Waals surface area contributed by atoms with E-state index in [-0.39, 0.29) is 58.1 Å². The number of esters is 2. The Morgan fingerprint density at radius 3 is 1.17 bits per heavy atom. The van der Waals surface area contributed by atoms with Gasteiger partial charge >= 0.3 is 11.9 Å². The van der Waals surface area contributed by atoms with E-state index in [1.54, 1.807) is 22.0 Å². The molecule has 2 saturated heterocycles. The predicted octanol–water partition coefficient (Wildman–Crippen LogP) is 6.35. The maximum absolute atomic E-state index is 12.5. The first-order chi connectivity index (χ1) is 16.4. The monoisotopic (exact) mass is 580 g/mol. The van der Waals surface area contributed by atoms with Gasteiger partial charge in [-0.3, -0.25) is 9.59 Å². The van der Waals surface area contributed by atoms with E-state index in [1.807, 2.05) is 13.8 Å². The fourth-order valence-corrected chi connectivity index (χ4v) is 10.2. The van der Waals surface area contributed by atoms with Crippen LogP contribution in [0.3, 0.4) is 0 Å². The summed E-state index contributed by atoms with van der Waals surface area (Å²) in [6.45, 7) is 21.8. The highest BCUT2D eigenvalue weighted by atomic mass is 33.1. The Morgan fingerprint density at radius 2 is 0.944 bits per heavy atom. The van der Waals surface area contributed by atoms with Gasteiger partial charge in [0.25, 0.3) is 0 Å². The normalized spacial score (nSPS) is 26.2. The summed E-state index contributed by atoms with van der Waals surface area (Å²) in [6, 6.07) is 0. The lowest BCUT2D eigenvalue weighted by molar-refractivity contribution is -0.160. The number of ether oxygens (including phenoxy) is 2. The fraction of sp³-hybridized carbons (Fsp3) is 0.923. The van der Waals surface area contributed by atoms with E-state index in [9.17, 15) is 9.59 Å². The van der Waals surface area contributed by atoms with E-state index >= 15 is 0 Å². The molecule has 2 aliphatic heterocycles. The van der Waals surface area contributed by atoms with E-state index < -0.39 is 0 Å². The first-order valence-corrected chi connectivity index (χ1v) is 16.8. The van der Waals surface area contributed by atoms with Crippen molar-refractivity contribution in [3.63, 3.8) is 0 Å². The maximum atomic E-state index is 12.5. The quantitative estimate of drug-likeness (QED) is 0.135. The lowest BCUT2D eigenvalue weighted by atomic mass is 9.80. The molecule has 0 N–H and O–H groups in total. The summed E-state index contributed by atoms with van der Waals surface area (Å²) in [6.07, 6.45) is 4.49. The third-order valence-electron chi connectivity index (χ3n) is 7.37. The molecule has 0 aromatic carbocycles. The van der Waals surface area contributed by atoms with Gasteiger partial charge < -0.3 is 9.47 Å². The Labute approximate surface area is 232 Å². The van der Waals surface area contributed by atoms with Crippen molar-refractivity contribution in [1.82, 2.24) is 8.61 Å². The van der Waals surface area contributed by atoms with Gasteiger partial charge in [0.05, 0.1) is 11.8 Å². The lowest BCUT2D eigenvalue weighted by Crippen LogP contribution is -2.61. The molecule has 0 amide bonds. The Bertz CT molecular complexity index is 694. The van der Waals surface area contributed by atoms with Crippen molar-refractivity contribution in [2.24, 2.45) is 11.8 Å². The van der Waals surface area contributed by atoms with Crippen molar-refractivity contribution in [3.8, 4) is 0 Å². The molecular formula is C26H50N2O4P2S2. The number of hydrogen-bond donors (Lipinski definition) is 0. The molecule has 0 radical (unpaired) electrons. The molecule has 4 atom stereocenters. The molecule has 6 nitrogen and oxygen atoms in total. The number of nitrogens with zero attached hydrogens (tertiary/aromatic N) is 2. The van der Waals surface area contributed by atoms with Gasteiger partial charge in [-0.2, -0.15) is 0 Å². The van der Waals surface area contributed by atoms with Gasteiger partial charge in [-0.1, -0.05) is 13.8 Å². The Hall–Kier alpha value is 0.420. The van der Waals surface area contributed by atoms with Gasteiger partial charge in [-0.25, -0.2) is 8.61 Å². The molecule has 210 valence electrons.